The van der Waals surface area contributed by atoms with Gasteiger partial charge in [0.25, 0.3) is 0 Å². The molecule has 0 aromatic carbocycles. The summed E-state index contributed by atoms with van der Waals surface area (Å²) in [5, 5.41) is 3.03. The lowest BCUT2D eigenvalue weighted by Gasteiger charge is -2.38. The molecule has 3 N–H and O–H groups in total. The molecular formula is C9H16N2O. The molecule has 3 nitrogen and oxygen atoms in total. The summed E-state index contributed by atoms with van der Waals surface area (Å²) in [6, 6.07) is 0.486. The van der Waals surface area contributed by atoms with Crippen LogP contribution in [0.3, 0.4) is 0 Å². The molecule has 1 aliphatic heterocycles. The predicted octanol–water partition coefficient (Wildman–Crippen LogP) is 0.392. The minimum atomic E-state index is 0.101. The number of amides is 1. The molecule has 1 heterocycles. The van der Waals surface area contributed by atoms with E-state index in [1.165, 1.54) is 19.3 Å². The summed E-state index contributed by atoms with van der Waals surface area (Å²) in [5.74, 6) is 0.867. The SMILES string of the molecule is NC1CC(=O)NC(C2CCC2)C1. The second-order valence-electron chi connectivity index (χ2n) is 4.06. The highest BCUT2D eigenvalue weighted by Crippen LogP contribution is 2.32. The fraction of sp³-hybridized carbons (Fsp3) is 0.889. The van der Waals surface area contributed by atoms with Crippen molar-refractivity contribution >= 4 is 5.91 Å². The second kappa shape index (κ2) is 3.05. The van der Waals surface area contributed by atoms with Gasteiger partial charge in [-0.3, -0.25) is 4.79 Å². The van der Waals surface area contributed by atoms with Crippen LogP contribution in [0.4, 0.5) is 0 Å². The highest BCUT2D eigenvalue weighted by Gasteiger charge is 2.33. The number of carbonyl (C=O) groups is 1. The van der Waals surface area contributed by atoms with E-state index in [-0.39, 0.29) is 11.9 Å². The van der Waals surface area contributed by atoms with Gasteiger partial charge in [-0.25, -0.2) is 0 Å². The summed E-state index contributed by atoms with van der Waals surface area (Å²) < 4.78 is 0. The Morgan fingerprint density at radius 2 is 2.17 bits per heavy atom. The molecule has 3 heteroatoms. The lowest BCUT2D eigenvalue weighted by Crippen LogP contribution is -2.51. The van der Waals surface area contributed by atoms with E-state index in [0.29, 0.717) is 12.5 Å². The number of nitrogens with one attached hydrogen (secondary N) is 1. The predicted molar refractivity (Wildman–Crippen MR) is 46.5 cm³/mol. The largest absolute Gasteiger partial charge is 0.353 e. The first-order valence-electron chi connectivity index (χ1n) is 4.80. The van der Waals surface area contributed by atoms with Crippen LogP contribution in [0.5, 0.6) is 0 Å². The lowest BCUT2D eigenvalue weighted by atomic mass is 9.76. The van der Waals surface area contributed by atoms with E-state index in [0.717, 1.165) is 12.3 Å². The molecule has 0 aromatic heterocycles. The molecule has 1 aliphatic carbocycles. The van der Waals surface area contributed by atoms with Gasteiger partial charge >= 0.3 is 0 Å². The van der Waals surface area contributed by atoms with Gasteiger partial charge in [0.05, 0.1) is 0 Å². The average Bonchev–Trinajstić information content (AvgIpc) is 1.79. The third-order valence-electron chi connectivity index (χ3n) is 3.07. The molecule has 0 radical (unpaired) electrons. The van der Waals surface area contributed by atoms with E-state index in [4.69, 9.17) is 5.73 Å². The monoisotopic (exact) mass is 168 g/mol. The Hall–Kier alpha value is -0.570. The van der Waals surface area contributed by atoms with Crippen LogP contribution in [0, 0.1) is 5.92 Å². The minimum Gasteiger partial charge on any atom is -0.353 e. The summed E-state index contributed by atoms with van der Waals surface area (Å²) >= 11 is 0. The Morgan fingerprint density at radius 3 is 2.67 bits per heavy atom. The van der Waals surface area contributed by atoms with Crippen LogP contribution >= 0.6 is 0 Å². The molecule has 1 amide bonds. The number of rotatable bonds is 1. The quantitative estimate of drug-likeness (QED) is 0.595. The van der Waals surface area contributed by atoms with E-state index in [9.17, 15) is 4.79 Å². The summed E-state index contributed by atoms with van der Waals surface area (Å²) in [6.07, 6.45) is 5.38. The smallest absolute Gasteiger partial charge is 0.221 e. The number of nitrogens with two attached hydrogens (primary N) is 1. The molecule has 0 aromatic rings. The van der Waals surface area contributed by atoms with Gasteiger partial charge in [0.1, 0.15) is 0 Å². The van der Waals surface area contributed by atoms with Crippen LogP contribution in [0.15, 0.2) is 0 Å². The number of piperidine rings is 1. The van der Waals surface area contributed by atoms with Gasteiger partial charge in [-0.15, -0.1) is 0 Å². The van der Waals surface area contributed by atoms with E-state index in [1.54, 1.807) is 0 Å². The minimum absolute atomic E-state index is 0.101. The molecule has 2 aliphatic rings. The zero-order valence-corrected chi connectivity index (χ0v) is 7.25. The van der Waals surface area contributed by atoms with Gasteiger partial charge in [0.15, 0.2) is 0 Å². The number of hydrogen-bond acceptors (Lipinski definition) is 2. The maximum absolute atomic E-state index is 11.1. The molecular weight excluding hydrogens is 152 g/mol. The first-order chi connectivity index (χ1) is 5.75. The van der Waals surface area contributed by atoms with Crippen molar-refractivity contribution < 1.29 is 4.79 Å². The lowest BCUT2D eigenvalue weighted by molar-refractivity contribution is -0.124. The van der Waals surface area contributed by atoms with Crippen LogP contribution in [0.2, 0.25) is 0 Å². The molecule has 2 rings (SSSR count). The van der Waals surface area contributed by atoms with Gasteiger partial charge in [0, 0.05) is 18.5 Å². The van der Waals surface area contributed by atoms with Crippen molar-refractivity contribution in [2.75, 3.05) is 0 Å². The van der Waals surface area contributed by atoms with E-state index >= 15 is 0 Å². The van der Waals surface area contributed by atoms with E-state index < -0.39 is 0 Å². The van der Waals surface area contributed by atoms with Crippen molar-refractivity contribution in [2.45, 2.75) is 44.2 Å². The molecule has 2 atom stereocenters. The first kappa shape index (κ1) is 8.05. The Kier molecular flexibility index (Phi) is 2.05. The summed E-state index contributed by atoms with van der Waals surface area (Å²) in [7, 11) is 0. The van der Waals surface area contributed by atoms with Gasteiger partial charge in [-0.1, -0.05) is 6.42 Å². The molecule has 1 saturated heterocycles. The number of hydrogen-bond donors (Lipinski definition) is 2. The molecule has 2 unspecified atom stereocenters. The Labute approximate surface area is 72.7 Å². The van der Waals surface area contributed by atoms with Crippen molar-refractivity contribution in [1.82, 2.24) is 5.32 Å². The molecule has 2 fully saturated rings. The maximum atomic E-state index is 11.1. The summed E-state index contributed by atoms with van der Waals surface area (Å²) in [6.45, 7) is 0. The van der Waals surface area contributed by atoms with Crippen LogP contribution in [-0.4, -0.2) is 18.0 Å². The van der Waals surface area contributed by atoms with Crippen molar-refractivity contribution in [3.05, 3.63) is 0 Å². The van der Waals surface area contributed by atoms with Crippen molar-refractivity contribution in [3.8, 4) is 0 Å². The average molecular weight is 168 g/mol. The molecule has 0 spiro atoms. The van der Waals surface area contributed by atoms with Crippen LogP contribution in [0.25, 0.3) is 0 Å². The highest BCUT2D eigenvalue weighted by molar-refractivity contribution is 5.77. The van der Waals surface area contributed by atoms with Gasteiger partial charge in [-0.05, 0) is 25.2 Å². The Bertz CT molecular complexity index is 189. The normalized spacial score (nSPS) is 37.2. The molecule has 1 saturated carbocycles. The topological polar surface area (TPSA) is 55.1 Å². The van der Waals surface area contributed by atoms with Crippen molar-refractivity contribution in [1.29, 1.82) is 0 Å². The van der Waals surface area contributed by atoms with Crippen LogP contribution < -0.4 is 11.1 Å². The fourth-order valence-electron chi connectivity index (χ4n) is 2.12. The zero-order valence-electron chi connectivity index (χ0n) is 7.25. The number of carbonyl (C=O) groups excluding carboxylic acids is 1. The summed E-state index contributed by atoms with van der Waals surface area (Å²) in [4.78, 5) is 11.1. The van der Waals surface area contributed by atoms with Crippen LogP contribution in [-0.2, 0) is 4.79 Å². The van der Waals surface area contributed by atoms with Crippen molar-refractivity contribution in [2.24, 2.45) is 11.7 Å². The molecule has 12 heavy (non-hydrogen) atoms. The fourth-order valence-corrected chi connectivity index (χ4v) is 2.12. The third kappa shape index (κ3) is 1.46. The van der Waals surface area contributed by atoms with Crippen LogP contribution in [0.1, 0.15) is 32.1 Å². The summed E-state index contributed by atoms with van der Waals surface area (Å²) in [5.41, 5.74) is 5.77. The van der Waals surface area contributed by atoms with Gasteiger partial charge in [0.2, 0.25) is 5.91 Å². The van der Waals surface area contributed by atoms with E-state index in [1.807, 2.05) is 0 Å². The van der Waals surface area contributed by atoms with Gasteiger partial charge < -0.3 is 11.1 Å². The zero-order chi connectivity index (χ0) is 8.55. The first-order valence-corrected chi connectivity index (χ1v) is 4.80. The maximum Gasteiger partial charge on any atom is 0.221 e. The molecule has 0 bridgehead atoms. The second-order valence-corrected chi connectivity index (χ2v) is 4.06. The highest BCUT2D eigenvalue weighted by atomic mass is 16.1. The molecule has 68 valence electrons. The van der Waals surface area contributed by atoms with E-state index in [2.05, 4.69) is 5.32 Å². The standard InChI is InChI=1S/C9H16N2O/c10-7-4-8(6-2-1-3-6)11-9(12)5-7/h6-8H,1-5,10H2,(H,11,12). The third-order valence-corrected chi connectivity index (χ3v) is 3.07. The Morgan fingerprint density at radius 1 is 1.42 bits per heavy atom. The van der Waals surface area contributed by atoms with Gasteiger partial charge in [-0.2, -0.15) is 0 Å². The Balaban J connectivity index is 1.92. The van der Waals surface area contributed by atoms with Crippen molar-refractivity contribution in [3.63, 3.8) is 0 Å².